The molecule has 106 valence electrons. The number of carbonyl (C=O) groups is 1. The minimum Gasteiger partial charge on any atom is -0.516 e. The van der Waals surface area contributed by atoms with Gasteiger partial charge in [-0.2, -0.15) is 0 Å². The normalized spacial score (nSPS) is 12.3. The summed E-state index contributed by atoms with van der Waals surface area (Å²) in [4.78, 5) is 15.4. The summed E-state index contributed by atoms with van der Waals surface area (Å²) in [7, 11) is -3.06. The van der Waals surface area contributed by atoms with Crippen LogP contribution in [0.2, 0.25) is 39.3 Å². The number of carbonyl (C=O) groups excluding carboxylic acids is 1. The largest absolute Gasteiger partial charge is 0.516 e. The van der Waals surface area contributed by atoms with Crippen LogP contribution in [0.3, 0.4) is 0 Å². The molecule has 1 rings (SSSR count). The Kier molecular flexibility index (Phi) is 5.12. The summed E-state index contributed by atoms with van der Waals surface area (Å²) in [5.41, 5.74) is 1.84. The smallest absolute Gasteiger partial charge is 0.324 e. The molecule has 1 N–H and O–H groups in total. The van der Waals surface area contributed by atoms with Gasteiger partial charge in [0.15, 0.2) is 0 Å². The highest BCUT2D eigenvalue weighted by molar-refractivity contribution is 6.73. The maximum Gasteiger partial charge on any atom is 0.324 e. The van der Waals surface area contributed by atoms with Crippen molar-refractivity contribution in [1.82, 2.24) is 4.98 Å². The van der Waals surface area contributed by atoms with Crippen molar-refractivity contribution in [1.29, 1.82) is 0 Å². The van der Waals surface area contributed by atoms with Crippen LogP contribution in [-0.4, -0.2) is 22.5 Å². The van der Waals surface area contributed by atoms with Crippen molar-refractivity contribution in [3.63, 3.8) is 0 Å². The van der Waals surface area contributed by atoms with Crippen LogP contribution in [-0.2, 0) is 11.0 Å². The quantitative estimate of drug-likeness (QED) is 0.844. The lowest BCUT2D eigenvalue weighted by Gasteiger charge is -2.19. The first-order chi connectivity index (χ1) is 8.57. The van der Waals surface area contributed by atoms with Gasteiger partial charge in [-0.3, -0.25) is 0 Å². The lowest BCUT2D eigenvalue weighted by atomic mass is 10.1. The van der Waals surface area contributed by atoms with E-state index >= 15 is 0 Å². The Morgan fingerprint density at radius 1 is 1.05 bits per heavy atom. The Morgan fingerprint density at radius 3 is 2.00 bits per heavy atom. The van der Waals surface area contributed by atoms with Gasteiger partial charge < -0.3 is 9.41 Å². The third-order valence-electron chi connectivity index (χ3n) is 2.41. The molecule has 0 aromatic heterocycles. The summed E-state index contributed by atoms with van der Waals surface area (Å²) in [6.45, 7) is 13.7. The second-order valence-electron chi connectivity index (χ2n) is 6.80. The van der Waals surface area contributed by atoms with Crippen molar-refractivity contribution < 1.29 is 9.22 Å². The van der Waals surface area contributed by atoms with E-state index in [-0.39, 0.29) is 5.97 Å². The fourth-order valence-corrected chi connectivity index (χ4v) is 2.87. The number of benzene rings is 1. The molecule has 0 aliphatic heterocycles. The molecule has 1 aromatic rings. The van der Waals surface area contributed by atoms with Crippen molar-refractivity contribution in [2.24, 2.45) is 0 Å². The van der Waals surface area contributed by atoms with E-state index in [0.29, 0.717) is 5.56 Å². The van der Waals surface area contributed by atoms with E-state index in [1.165, 1.54) is 5.56 Å². The molecule has 0 saturated carbocycles. The fourth-order valence-electron chi connectivity index (χ4n) is 1.46. The van der Waals surface area contributed by atoms with E-state index in [1.54, 1.807) is 0 Å². The number of hydrogen-bond acceptors (Lipinski definition) is 3. The minimum atomic E-state index is -1.81. The number of rotatable bonds is 5. The molecule has 0 fully saturated rings. The molecule has 0 heterocycles. The molecule has 5 heteroatoms. The molecule has 0 bridgehead atoms. The van der Waals surface area contributed by atoms with Crippen LogP contribution in [0.5, 0.6) is 0 Å². The topological polar surface area (TPSA) is 38.3 Å². The maximum absolute atomic E-state index is 11.9. The lowest BCUT2D eigenvalue weighted by Crippen LogP contribution is -2.40. The number of hydrogen-bond donors (Lipinski definition) is 1. The third kappa shape index (κ3) is 6.70. The molecular formula is C14H25NO2Si2. The van der Waals surface area contributed by atoms with Gasteiger partial charge in [-0.05, 0) is 37.3 Å². The van der Waals surface area contributed by atoms with Crippen LogP contribution in [0.1, 0.15) is 15.9 Å². The Balaban J connectivity index is 2.64. The zero-order chi connectivity index (χ0) is 14.7. The van der Waals surface area contributed by atoms with Crippen LogP contribution in [0.4, 0.5) is 0 Å². The van der Waals surface area contributed by atoms with Crippen molar-refractivity contribution >= 4 is 22.5 Å². The summed E-state index contributed by atoms with van der Waals surface area (Å²) in [5, 5.41) is 0. The molecule has 1 aromatic carbocycles. The Hall–Kier alpha value is -0.916. The van der Waals surface area contributed by atoms with Gasteiger partial charge in [0, 0.05) is 6.54 Å². The van der Waals surface area contributed by atoms with Crippen molar-refractivity contribution in [3.05, 3.63) is 35.4 Å². The molecule has 0 unspecified atom stereocenters. The maximum atomic E-state index is 11.9. The molecule has 0 aliphatic carbocycles. The molecule has 3 nitrogen and oxygen atoms in total. The second-order valence-corrected chi connectivity index (χ2v) is 16.1. The summed E-state index contributed by atoms with van der Waals surface area (Å²) >= 11 is 0. The molecule has 0 atom stereocenters. The summed E-state index contributed by atoms with van der Waals surface area (Å²) < 4.78 is 5.47. The van der Waals surface area contributed by atoms with E-state index in [4.69, 9.17) is 4.43 Å². The van der Waals surface area contributed by atoms with Crippen molar-refractivity contribution in [2.75, 3.05) is 0 Å². The fraction of sp³-hybridized carbons (Fsp3) is 0.500. The summed E-state index contributed by atoms with van der Waals surface area (Å²) in [5.74, 6) is -0.205. The van der Waals surface area contributed by atoms with Gasteiger partial charge in [0.25, 0.3) is 0 Å². The van der Waals surface area contributed by atoms with E-state index in [2.05, 4.69) is 24.6 Å². The Labute approximate surface area is 118 Å². The monoisotopic (exact) mass is 295 g/mol. The third-order valence-corrected chi connectivity index (χ3v) is 4.45. The highest BCUT2D eigenvalue weighted by Crippen LogP contribution is 2.11. The first-order valence-electron chi connectivity index (χ1n) is 6.64. The van der Waals surface area contributed by atoms with Gasteiger partial charge >= 0.3 is 5.97 Å². The van der Waals surface area contributed by atoms with Crippen LogP contribution in [0.25, 0.3) is 0 Å². The standard InChI is InChI=1S/C14H25NO2Si2/c1-18(2,3)15-11-12-7-9-13(10-8-12)14(16)17-19(4,5)6/h7-10,15H,11H2,1-6H3. The van der Waals surface area contributed by atoms with Gasteiger partial charge in [-0.25, -0.2) is 4.79 Å². The first kappa shape index (κ1) is 16.1. The molecule has 0 saturated heterocycles. The molecule has 0 aliphatic rings. The average Bonchev–Trinajstić information content (AvgIpc) is 2.23. The zero-order valence-electron chi connectivity index (χ0n) is 12.8. The molecule has 0 spiro atoms. The van der Waals surface area contributed by atoms with E-state index in [9.17, 15) is 4.79 Å². The van der Waals surface area contributed by atoms with Crippen LogP contribution >= 0.6 is 0 Å². The first-order valence-corrected chi connectivity index (χ1v) is 13.5. The minimum absolute atomic E-state index is 0.205. The SMILES string of the molecule is C[Si](C)(C)NCc1ccc(C(=O)O[Si](C)(C)C)cc1. The van der Waals surface area contributed by atoms with Crippen molar-refractivity contribution in [2.45, 2.75) is 45.8 Å². The van der Waals surface area contributed by atoms with Gasteiger partial charge in [0.2, 0.25) is 8.32 Å². The highest BCUT2D eigenvalue weighted by atomic mass is 28.4. The Morgan fingerprint density at radius 2 is 1.58 bits per heavy atom. The van der Waals surface area contributed by atoms with Crippen molar-refractivity contribution in [3.8, 4) is 0 Å². The highest BCUT2D eigenvalue weighted by Gasteiger charge is 2.20. The Bertz CT molecular complexity index is 430. The van der Waals surface area contributed by atoms with Crippen LogP contribution in [0.15, 0.2) is 24.3 Å². The predicted molar refractivity (Wildman–Crippen MR) is 85.4 cm³/mol. The molecular weight excluding hydrogens is 270 g/mol. The number of nitrogens with one attached hydrogen (secondary N) is 1. The molecule has 0 radical (unpaired) electrons. The average molecular weight is 296 g/mol. The van der Waals surface area contributed by atoms with Gasteiger partial charge in [0.05, 0.1) is 5.56 Å². The zero-order valence-corrected chi connectivity index (χ0v) is 14.8. The van der Waals surface area contributed by atoms with Gasteiger partial charge in [0.1, 0.15) is 8.24 Å². The van der Waals surface area contributed by atoms with Crippen LogP contribution < -0.4 is 4.98 Å². The predicted octanol–water partition coefficient (Wildman–Crippen LogP) is 3.60. The lowest BCUT2D eigenvalue weighted by molar-refractivity contribution is 0.0724. The van der Waals surface area contributed by atoms with Gasteiger partial charge in [-0.15, -0.1) is 0 Å². The molecule has 19 heavy (non-hydrogen) atoms. The van der Waals surface area contributed by atoms with Gasteiger partial charge in [-0.1, -0.05) is 31.8 Å². The van der Waals surface area contributed by atoms with E-state index in [1.807, 2.05) is 43.9 Å². The van der Waals surface area contributed by atoms with Crippen LogP contribution in [0, 0.1) is 0 Å². The van der Waals surface area contributed by atoms with E-state index < -0.39 is 16.6 Å². The van der Waals surface area contributed by atoms with E-state index in [0.717, 1.165) is 6.54 Å². The second kappa shape index (κ2) is 6.02. The molecule has 0 amide bonds. The summed E-state index contributed by atoms with van der Waals surface area (Å²) in [6, 6.07) is 7.69. The summed E-state index contributed by atoms with van der Waals surface area (Å²) in [6.07, 6.45) is 0.